The first-order chi connectivity index (χ1) is 8.98. The zero-order valence-corrected chi connectivity index (χ0v) is 13.8. The van der Waals surface area contributed by atoms with Gasteiger partial charge < -0.3 is 15.0 Å². The smallest absolute Gasteiger partial charge is 0.193 e. The van der Waals surface area contributed by atoms with Gasteiger partial charge in [-0.05, 0) is 33.4 Å². The summed E-state index contributed by atoms with van der Waals surface area (Å²) in [6.07, 6.45) is 3.31. The molecule has 0 aromatic carbocycles. The lowest BCUT2D eigenvalue weighted by Crippen LogP contribution is -2.42. The zero-order valence-electron chi connectivity index (χ0n) is 13.0. The van der Waals surface area contributed by atoms with Crippen LogP contribution in [0.3, 0.4) is 0 Å². The molecule has 0 aliphatic carbocycles. The molecule has 4 nitrogen and oxygen atoms in total. The summed E-state index contributed by atoms with van der Waals surface area (Å²) < 4.78 is 5.63. The molecule has 0 spiro atoms. The molecule has 19 heavy (non-hydrogen) atoms. The highest BCUT2D eigenvalue weighted by Gasteiger charge is 2.20. The number of nitrogens with one attached hydrogen (secondary N) is 1. The van der Waals surface area contributed by atoms with Crippen molar-refractivity contribution >= 4 is 17.7 Å². The summed E-state index contributed by atoms with van der Waals surface area (Å²) in [5, 5.41) is 3.38. The third-order valence-corrected chi connectivity index (χ3v) is 4.65. The first-order valence-electron chi connectivity index (χ1n) is 7.11. The van der Waals surface area contributed by atoms with Crippen molar-refractivity contribution < 1.29 is 4.74 Å². The highest BCUT2D eigenvalue weighted by Crippen LogP contribution is 2.21. The predicted molar refractivity (Wildman–Crippen MR) is 85.1 cm³/mol. The van der Waals surface area contributed by atoms with Gasteiger partial charge in [-0.1, -0.05) is 0 Å². The summed E-state index contributed by atoms with van der Waals surface area (Å²) in [5.74, 6) is 1.65. The molecule has 5 heteroatoms. The van der Waals surface area contributed by atoms with Crippen LogP contribution < -0.4 is 5.32 Å². The van der Waals surface area contributed by atoms with E-state index in [2.05, 4.69) is 44.3 Å². The van der Waals surface area contributed by atoms with Crippen LogP contribution >= 0.6 is 11.8 Å². The lowest BCUT2D eigenvalue weighted by Gasteiger charge is -2.26. The van der Waals surface area contributed by atoms with E-state index in [0.29, 0.717) is 5.92 Å². The predicted octanol–water partition coefficient (Wildman–Crippen LogP) is 2.06. The van der Waals surface area contributed by atoms with Gasteiger partial charge in [0.15, 0.2) is 5.96 Å². The molecule has 1 aliphatic heterocycles. The maximum atomic E-state index is 5.44. The minimum atomic E-state index is 0.192. The summed E-state index contributed by atoms with van der Waals surface area (Å²) in [6, 6.07) is 0. The van der Waals surface area contributed by atoms with Crippen LogP contribution in [-0.2, 0) is 4.74 Å². The maximum Gasteiger partial charge on any atom is 0.193 e. The molecule has 112 valence electrons. The van der Waals surface area contributed by atoms with Crippen molar-refractivity contribution in [3.05, 3.63) is 0 Å². The third kappa shape index (κ3) is 6.04. The van der Waals surface area contributed by atoms with Crippen molar-refractivity contribution in [1.82, 2.24) is 10.2 Å². The molecule has 1 fully saturated rings. The molecule has 0 aromatic heterocycles. The van der Waals surface area contributed by atoms with Gasteiger partial charge in [0.2, 0.25) is 0 Å². The average molecular weight is 287 g/mol. The monoisotopic (exact) mass is 287 g/mol. The molecular weight excluding hydrogens is 258 g/mol. The average Bonchev–Trinajstić information content (AvgIpc) is 2.87. The van der Waals surface area contributed by atoms with Gasteiger partial charge in [-0.3, -0.25) is 4.99 Å². The van der Waals surface area contributed by atoms with E-state index in [0.717, 1.165) is 38.8 Å². The van der Waals surface area contributed by atoms with Crippen molar-refractivity contribution in [3.8, 4) is 0 Å². The summed E-state index contributed by atoms with van der Waals surface area (Å²) in [4.78, 5) is 7.00. The molecular formula is C14H29N3OS. The summed E-state index contributed by atoms with van der Waals surface area (Å²) >= 11 is 1.86. The Hall–Kier alpha value is -0.420. The molecule has 1 saturated heterocycles. The van der Waals surface area contributed by atoms with E-state index in [9.17, 15) is 0 Å². The standard InChI is InChI=1S/C14H29N3OS/c1-6-15-13(16-11-14(2,3)19-5)17(4)9-12-7-8-18-10-12/h12H,6-11H2,1-5H3,(H,15,16). The van der Waals surface area contributed by atoms with Crippen molar-refractivity contribution in [2.24, 2.45) is 10.9 Å². The minimum absolute atomic E-state index is 0.192. The maximum absolute atomic E-state index is 5.44. The second-order valence-corrected chi connectivity index (χ2v) is 7.26. The van der Waals surface area contributed by atoms with Crippen molar-refractivity contribution in [1.29, 1.82) is 0 Å². The van der Waals surface area contributed by atoms with Gasteiger partial charge in [0, 0.05) is 37.4 Å². The van der Waals surface area contributed by atoms with Crippen LogP contribution in [0.5, 0.6) is 0 Å². The molecule has 1 N–H and O–H groups in total. The first kappa shape index (κ1) is 16.6. The number of hydrogen-bond acceptors (Lipinski definition) is 3. The Morgan fingerprint density at radius 2 is 2.26 bits per heavy atom. The van der Waals surface area contributed by atoms with Crippen molar-refractivity contribution in [2.75, 3.05) is 46.2 Å². The van der Waals surface area contributed by atoms with Gasteiger partial charge in [0.05, 0.1) is 13.2 Å². The van der Waals surface area contributed by atoms with Crippen LogP contribution in [0.1, 0.15) is 27.2 Å². The highest BCUT2D eigenvalue weighted by molar-refractivity contribution is 7.99. The van der Waals surface area contributed by atoms with Gasteiger partial charge in [0.25, 0.3) is 0 Å². The largest absolute Gasteiger partial charge is 0.381 e. The van der Waals surface area contributed by atoms with Gasteiger partial charge in [0.1, 0.15) is 0 Å². The Balaban J connectivity index is 2.56. The molecule has 1 unspecified atom stereocenters. The Morgan fingerprint density at radius 1 is 1.53 bits per heavy atom. The fraction of sp³-hybridized carbons (Fsp3) is 0.929. The number of aliphatic imine (C=N–C) groups is 1. The minimum Gasteiger partial charge on any atom is -0.381 e. The molecule has 1 heterocycles. The van der Waals surface area contributed by atoms with Gasteiger partial charge in [-0.2, -0.15) is 11.8 Å². The highest BCUT2D eigenvalue weighted by atomic mass is 32.2. The SMILES string of the molecule is CCNC(=NCC(C)(C)SC)N(C)CC1CCOC1. The normalized spacial score (nSPS) is 20.7. The topological polar surface area (TPSA) is 36.9 Å². The quantitative estimate of drug-likeness (QED) is 0.599. The summed E-state index contributed by atoms with van der Waals surface area (Å²) in [7, 11) is 2.12. The molecule has 0 aromatic rings. The van der Waals surface area contributed by atoms with Gasteiger partial charge in [-0.15, -0.1) is 0 Å². The summed E-state index contributed by atoms with van der Waals surface area (Å²) in [5.41, 5.74) is 0. The second-order valence-electron chi connectivity index (χ2n) is 5.74. The van der Waals surface area contributed by atoms with Crippen LogP contribution in [0.15, 0.2) is 4.99 Å². The molecule has 0 radical (unpaired) electrons. The number of rotatable bonds is 6. The second kappa shape index (κ2) is 8.00. The third-order valence-electron chi connectivity index (χ3n) is 3.41. The Labute approximate surface area is 122 Å². The first-order valence-corrected chi connectivity index (χ1v) is 8.33. The Kier molecular flexibility index (Phi) is 7.00. The fourth-order valence-corrected chi connectivity index (χ4v) is 2.19. The number of thioether (sulfide) groups is 1. The Morgan fingerprint density at radius 3 is 2.79 bits per heavy atom. The number of ether oxygens (including phenoxy) is 1. The van der Waals surface area contributed by atoms with E-state index < -0.39 is 0 Å². The lowest BCUT2D eigenvalue weighted by molar-refractivity contribution is 0.181. The molecule has 0 bridgehead atoms. The Bertz CT molecular complexity index is 288. The van der Waals surface area contributed by atoms with Gasteiger partial charge in [-0.25, -0.2) is 0 Å². The van der Waals surface area contributed by atoms with E-state index in [1.54, 1.807) is 0 Å². The van der Waals surface area contributed by atoms with E-state index in [-0.39, 0.29) is 4.75 Å². The molecule has 0 amide bonds. The van der Waals surface area contributed by atoms with Crippen LogP contribution in [0.25, 0.3) is 0 Å². The molecule has 1 rings (SSSR count). The number of nitrogens with zero attached hydrogens (tertiary/aromatic N) is 2. The van der Waals surface area contributed by atoms with E-state index in [1.165, 1.54) is 6.42 Å². The van der Waals surface area contributed by atoms with Crippen LogP contribution in [-0.4, -0.2) is 61.8 Å². The lowest BCUT2D eigenvalue weighted by atomic mass is 10.1. The van der Waals surface area contributed by atoms with Crippen LogP contribution in [0, 0.1) is 5.92 Å². The van der Waals surface area contributed by atoms with Crippen LogP contribution in [0.2, 0.25) is 0 Å². The fourth-order valence-electron chi connectivity index (χ4n) is 2.00. The van der Waals surface area contributed by atoms with E-state index in [4.69, 9.17) is 9.73 Å². The van der Waals surface area contributed by atoms with E-state index in [1.807, 2.05) is 11.8 Å². The van der Waals surface area contributed by atoms with Gasteiger partial charge >= 0.3 is 0 Å². The molecule has 1 aliphatic rings. The number of guanidine groups is 1. The molecule has 1 atom stereocenters. The molecule has 0 saturated carbocycles. The van der Waals surface area contributed by atoms with Crippen molar-refractivity contribution in [3.63, 3.8) is 0 Å². The van der Waals surface area contributed by atoms with Crippen molar-refractivity contribution in [2.45, 2.75) is 31.9 Å². The number of hydrogen-bond donors (Lipinski definition) is 1. The van der Waals surface area contributed by atoms with E-state index >= 15 is 0 Å². The summed E-state index contributed by atoms with van der Waals surface area (Å²) in [6.45, 7) is 11.1. The van der Waals surface area contributed by atoms with Crippen LogP contribution in [0.4, 0.5) is 0 Å². The zero-order chi connectivity index (χ0) is 14.3.